The molecule has 19 heavy (non-hydrogen) atoms. The van der Waals surface area contributed by atoms with Gasteiger partial charge in [0.1, 0.15) is 0 Å². The van der Waals surface area contributed by atoms with Crippen molar-refractivity contribution in [2.45, 2.75) is 16.7 Å². The molecule has 0 saturated carbocycles. The third-order valence-electron chi connectivity index (χ3n) is 3.91. The zero-order chi connectivity index (χ0) is 12.8. The summed E-state index contributed by atoms with van der Waals surface area (Å²) in [5, 5.41) is 2.23. The summed E-state index contributed by atoms with van der Waals surface area (Å²) in [5.41, 5.74) is 4.55. The van der Waals surface area contributed by atoms with Gasteiger partial charge in [-0.1, -0.05) is 36.9 Å². The van der Waals surface area contributed by atoms with Gasteiger partial charge in [-0.25, -0.2) is 0 Å². The second-order valence-corrected chi connectivity index (χ2v) is 6.97. The smallest absolute Gasteiger partial charge is 0.0458 e. The Morgan fingerprint density at radius 2 is 1.89 bits per heavy atom. The molecule has 0 radical (unpaired) electrons. The first-order valence-electron chi connectivity index (χ1n) is 6.66. The van der Waals surface area contributed by atoms with Crippen LogP contribution in [0.1, 0.15) is 17.4 Å². The summed E-state index contributed by atoms with van der Waals surface area (Å²) in [6, 6.07) is 11.1. The van der Waals surface area contributed by atoms with Gasteiger partial charge in [0.15, 0.2) is 0 Å². The number of likely N-dealkylation sites (N-methyl/N-ethyl adjacent to an activating group) is 1. The fourth-order valence-corrected chi connectivity index (χ4v) is 5.14. The van der Waals surface area contributed by atoms with E-state index in [-0.39, 0.29) is 0 Å². The zero-order valence-electron chi connectivity index (χ0n) is 10.8. The molecule has 0 spiro atoms. The Kier molecular flexibility index (Phi) is 2.79. The summed E-state index contributed by atoms with van der Waals surface area (Å²) < 4.78 is 0. The highest BCUT2D eigenvalue weighted by Gasteiger charge is 2.29. The van der Waals surface area contributed by atoms with Crippen LogP contribution in [0.5, 0.6) is 0 Å². The van der Waals surface area contributed by atoms with Crippen molar-refractivity contribution in [3.8, 4) is 0 Å². The van der Waals surface area contributed by atoms with E-state index in [1.165, 1.54) is 20.2 Å². The van der Waals surface area contributed by atoms with Crippen molar-refractivity contribution in [3.05, 3.63) is 46.2 Å². The van der Waals surface area contributed by atoms with Gasteiger partial charge in [-0.3, -0.25) is 4.90 Å². The predicted molar refractivity (Wildman–Crippen MR) is 83.8 cm³/mol. The summed E-state index contributed by atoms with van der Waals surface area (Å²) in [5.74, 6) is 0. The molecule has 3 heterocycles. The molecule has 0 amide bonds. The van der Waals surface area contributed by atoms with Crippen molar-refractivity contribution in [3.63, 3.8) is 0 Å². The van der Waals surface area contributed by atoms with Crippen LogP contribution < -0.4 is 0 Å². The van der Waals surface area contributed by atoms with Gasteiger partial charge in [0, 0.05) is 27.8 Å². The monoisotopic (exact) mass is 285 g/mol. The lowest BCUT2D eigenvalue weighted by Crippen LogP contribution is -2.20. The topological polar surface area (TPSA) is 3.24 Å². The Hall–Kier alpha value is -1.03. The first-order valence-corrected chi connectivity index (χ1v) is 8.36. The Balaban J connectivity index is 1.95. The van der Waals surface area contributed by atoms with Crippen LogP contribution in [-0.4, -0.2) is 24.5 Å². The average molecular weight is 285 g/mol. The molecule has 0 fully saturated rings. The quantitative estimate of drug-likeness (QED) is 0.761. The van der Waals surface area contributed by atoms with E-state index in [9.17, 15) is 0 Å². The van der Waals surface area contributed by atoms with Crippen molar-refractivity contribution in [2.75, 3.05) is 19.6 Å². The average Bonchev–Trinajstić information content (AvgIpc) is 3.03. The van der Waals surface area contributed by atoms with Crippen LogP contribution in [0.4, 0.5) is 0 Å². The first-order chi connectivity index (χ1) is 9.36. The van der Waals surface area contributed by atoms with E-state index in [1.54, 1.807) is 11.1 Å². The molecule has 0 unspecified atom stereocenters. The van der Waals surface area contributed by atoms with Gasteiger partial charge in [-0.2, -0.15) is 0 Å². The van der Waals surface area contributed by atoms with Crippen LogP contribution >= 0.6 is 23.1 Å². The van der Waals surface area contributed by atoms with Crippen molar-refractivity contribution >= 4 is 34.2 Å². The van der Waals surface area contributed by atoms with E-state index in [1.807, 2.05) is 23.1 Å². The molecule has 0 atom stereocenters. The normalized spacial score (nSPS) is 17.9. The molecular weight excluding hydrogens is 270 g/mol. The minimum absolute atomic E-state index is 1.10. The lowest BCUT2D eigenvalue weighted by Gasteiger charge is -2.14. The van der Waals surface area contributed by atoms with E-state index < -0.39 is 0 Å². The van der Waals surface area contributed by atoms with Crippen LogP contribution in [-0.2, 0) is 0 Å². The van der Waals surface area contributed by atoms with Gasteiger partial charge >= 0.3 is 0 Å². The Morgan fingerprint density at radius 3 is 2.79 bits per heavy atom. The number of benzene rings is 1. The molecule has 3 heteroatoms. The third kappa shape index (κ3) is 1.80. The van der Waals surface area contributed by atoms with Crippen molar-refractivity contribution < 1.29 is 0 Å². The van der Waals surface area contributed by atoms with E-state index in [4.69, 9.17) is 0 Å². The van der Waals surface area contributed by atoms with E-state index in [0.29, 0.717) is 0 Å². The lowest BCUT2D eigenvalue weighted by atomic mass is 10.0. The van der Waals surface area contributed by atoms with Crippen LogP contribution in [0.25, 0.3) is 11.1 Å². The Bertz CT molecular complexity index is 669. The van der Waals surface area contributed by atoms with Gasteiger partial charge in [-0.15, -0.1) is 11.3 Å². The van der Waals surface area contributed by atoms with E-state index in [0.717, 1.165) is 19.6 Å². The summed E-state index contributed by atoms with van der Waals surface area (Å²) in [4.78, 5) is 6.86. The van der Waals surface area contributed by atoms with Crippen molar-refractivity contribution in [1.29, 1.82) is 0 Å². The second kappa shape index (κ2) is 4.51. The molecule has 1 aromatic carbocycles. The van der Waals surface area contributed by atoms with Crippen molar-refractivity contribution in [2.24, 2.45) is 0 Å². The van der Waals surface area contributed by atoms with E-state index in [2.05, 4.69) is 47.5 Å². The molecule has 0 aliphatic carbocycles. The minimum Gasteiger partial charge on any atom is -0.295 e. The number of hydrogen-bond donors (Lipinski definition) is 0. The van der Waals surface area contributed by atoms with Crippen LogP contribution in [0, 0.1) is 0 Å². The van der Waals surface area contributed by atoms with Crippen LogP contribution in [0.15, 0.2) is 45.5 Å². The molecule has 0 N–H and O–H groups in total. The zero-order valence-corrected chi connectivity index (χ0v) is 12.5. The maximum absolute atomic E-state index is 2.53. The molecule has 1 nitrogen and oxygen atoms in total. The fraction of sp³-hybridized carbons (Fsp3) is 0.250. The van der Waals surface area contributed by atoms with Crippen LogP contribution in [0.3, 0.4) is 0 Å². The third-order valence-corrected chi connectivity index (χ3v) is 6.15. The maximum atomic E-state index is 2.53. The highest BCUT2D eigenvalue weighted by molar-refractivity contribution is 7.99. The molecule has 2 aromatic rings. The molecule has 2 aliphatic rings. The lowest BCUT2D eigenvalue weighted by molar-refractivity contribution is 0.379. The molecule has 96 valence electrons. The second-order valence-electron chi connectivity index (χ2n) is 4.97. The SMILES string of the molecule is CCN1CC2=C(C1)c1sccc1Sc1ccccc12. The first kappa shape index (κ1) is 11.8. The summed E-state index contributed by atoms with van der Waals surface area (Å²) in [6.07, 6.45) is 0. The number of hydrogen-bond acceptors (Lipinski definition) is 3. The standard InChI is InChI=1S/C16H15NS2/c1-2-17-9-12-11-5-3-4-6-14(11)19-15-7-8-18-16(15)13(12)10-17/h3-8H,2,9-10H2,1H3. The molecule has 0 bridgehead atoms. The van der Waals surface area contributed by atoms with E-state index >= 15 is 0 Å². The van der Waals surface area contributed by atoms with Gasteiger partial charge in [0.05, 0.1) is 0 Å². The van der Waals surface area contributed by atoms with Crippen LogP contribution in [0.2, 0.25) is 0 Å². The molecule has 2 aliphatic heterocycles. The van der Waals surface area contributed by atoms with Gasteiger partial charge in [0.25, 0.3) is 0 Å². The largest absolute Gasteiger partial charge is 0.295 e. The predicted octanol–water partition coefficient (Wildman–Crippen LogP) is 4.46. The summed E-state index contributed by atoms with van der Waals surface area (Å²) >= 11 is 3.82. The Labute approximate surface area is 122 Å². The summed E-state index contributed by atoms with van der Waals surface area (Å²) in [6.45, 7) is 5.58. The molecular formula is C16H15NS2. The minimum atomic E-state index is 1.10. The van der Waals surface area contributed by atoms with Gasteiger partial charge in [-0.05, 0) is 40.8 Å². The van der Waals surface area contributed by atoms with Crippen molar-refractivity contribution in [1.82, 2.24) is 4.90 Å². The van der Waals surface area contributed by atoms with Gasteiger partial charge in [0.2, 0.25) is 0 Å². The maximum Gasteiger partial charge on any atom is 0.0458 e. The Morgan fingerprint density at radius 1 is 1.05 bits per heavy atom. The number of thiophene rings is 1. The molecule has 4 rings (SSSR count). The summed E-state index contributed by atoms with van der Waals surface area (Å²) in [7, 11) is 0. The number of nitrogens with zero attached hydrogens (tertiary/aromatic N) is 1. The highest BCUT2D eigenvalue weighted by Crippen LogP contribution is 2.48. The fourth-order valence-electron chi connectivity index (χ4n) is 2.90. The number of rotatable bonds is 1. The van der Waals surface area contributed by atoms with Gasteiger partial charge < -0.3 is 0 Å². The number of fused-ring (bicyclic) bond motifs is 4. The highest BCUT2D eigenvalue weighted by atomic mass is 32.2. The molecule has 0 saturated heterocycles. The molecule has 1 aromatic heterocycles.